The molecule has 4 nitrogen and oxygen atoms in total. The van der Waals surface area contributed by atoms with Gasteiger partial charge in [-0.3, -0.25) is 4.72 Å². The summed E-state index contributed by atoms with van der Waals surface area (Å²) in [5, 5.41) is 0.422. The molecule has 1 N–H and O–H groups in total. The molecule has 94 valence electrons. The fourth-order valence-corrected chi connectivity index (χ4v) is 2.79. The summed E-state index contributed by atoms with van der Waals surface area (Å²) < 4.78 is 27.4. The highest BCUT2D eigenvalue weighted by atomic mass is 127. The molecule has 0 spiro atoms. The van der Waals surface area contributed by atoms with Gasteiger partial charge in [-0.25, -0.2) is 13.4 Å². The maximum Gasteiger partial charge on any atom is 0.263 e. The van der Waals surface area contributed by atoms with Crippen molar-refractivity contribution in [2.75, 3.05) is 4.72 Å². The third-order valence-electron chi connectivity index (χ3n) is 2.08. The first-order valence-corrected chi connectivity index (χ1v) is 7.81. The largest absolute Gasteiger partial charge is 0.263 e. The molecule has 0 amide bonds. The Morgan fingerprint density at radius 2 is 1.83 bits per heavy atom. The van der Waals surface area contributed by atoms with Crippen LogP contribution in [0.1, 0.15) is 0 Å². The van der Waals surface area contributed by atoms with Crippen molar-refractivity contribution in [3.05, 3.63) is 51.2 Å². The molecule has 0 aliphatic rings. The molecule has 0 aliphatic carbocycles. The van der Waals surface area contributed by atoms with E-state index < -0.39 is 10.0 Å². The van der Waals surface area contributed by atoms with E-state index in [0.717, 1.165) is 3.57 Å². The number of halogens is 2. The predicted octanol–water partition coefficient (Wildman–Crippen LogP) is 3.14. The average Bonchev–Trinajstić information content (AvgIpc) is 2.29. The van der Waals surface area contributed by atoms with Crippen molar-refractivity contribution < 1.29 is 8.42 Å². The van der Waals surface area contributed by atoms with Crippen LogP contribution in [-0.4, -0.2) is 13.4 Å². The summed E-state index contributed by atoms with van der Waals surface area (Å²) in [5.41, 5.74) is 0. The molecular weight excluding hydrogens is 387 g/mol. The van der Waals surface area contributed by atoms with Crippen molar-refractivity contribution in [1.82, 2.24) is 4.98 Å². The van der Waals surface area contributed by atoms with Crippen LogP contribution in [-0.2, 0) is 10.0 Å². The number of pyridine rings is 1. The topological polar surface area (TPSA) is 59.1 Å². The second-order valence-corrected chi connectivity index (χ2v) is 6.78. The van der Waals surface area contributed by atoms with Crippen LogP contribution in [0.15, 0.2) is 47.5 Å². The summed E-state index contributed by atoms with van der Waals surface area (Å²) in [5.74, 6) is 0.195. The number of rotatable bonds is 3. The van der Waals surface area contributed by atoms with E-state index in [9.17, 15) is 8.42 Å². The highest BCUT2D eigenvalue weighted by molar-refractivity contribution is 14.1. The van der Waals surface area contributed by atoms with Crippen LogP contribution < -0.4 is 4.72 Å². The standard InChI is InChI=1S/C11H8ClIN2O2S/c12-8-5-6-14-11(7-8)15-18(16,17)10-3-1-9(13)2-4-10/h1-7H,(H,14,15). The molecule has 0 atom stereocenters. The minimum absolute atomic E-state index is 0.185. The summed E-state index contributed by atoms with van der Waals surface area (Å²) in [7, 11) is -3.62. The van der Waals surface area contributed by atoms with E-state index in [2.05, 4.69) is 32.3 Å². The SMILES string of the molecule is O=S(=O)(Nc1cc(Cl)ccn1)c1ccc(I)cc1. The first-order chi connectivity index (χ1) is 8.47. The third kappa shape index (κ3) is 3.33. The van der Waals surface area contributed by atoms with Crippen LogP contribution in [0, 0.1) is 3.57 Å². The highest BCUT2D eigenvalue weighted by Gasteiger charge is 2.14. The summed E-state index contributed by atoms with van der Waals surface area (Å²) in [6.45, 7) is 0. The maximum absolute atomic E-state index is 12.0. The Kier molecular flexibility index (Phi) is 4.08. The Labute approximate surface area is 124 Å². The van der Waals surface area contributed by atoms with Crippen LogP contribution in [0.4, 0.5) is 5.82 Å². The predicted molar refractivity (Wildman–Crippen MR) is 79.2 cm³/mol. The van der Waals surface area contributed by atoms with Gasteiger partial charge >= 0.3 is 0 Å². The normalized spacial score (nSPS) is 11.2. The molecule has 2 rings (SSSR count). The lowest BCUT2D eigenvalue weighted by Crippen LogP contribution is -2.13. The smallest absolute Gasteiger partial charge is 0.263 e. The minimum atomic E-state index is -3.62. The third-order valence-corrected chi connectivity index (χ3v) is 4.41. The quantitative estimate of drug-likeness (QED) is 0.814. The number of sulfonamides is 1. The van der Waals surface area contributed by atoms with Crippen molar-refractivity contribution in [3.8, 4) is 0 Å². The van der Waals surface area contributed by atoms with Crippen LogP contribution in [0.5, 0.6) is 0 Å². The van der Waals surface area contributed by atoms with Crippen LogP contribution in [0.25, 0.3) is 0 Å². The van der Waals surface area contributed by atoms with Gasteiger partial charge in [0.1, 0.15) is 5.82 Å². The van der Waals surface area contributed by atoms with Gasteiger partial charge in [0.05, 0.1) is 4.90 Å². The summed E-state index contributed by atoms with van der Waals surface area (Å²) in [6.07, 6.45) is 1.44. The van der Waals surface area contributed by atoms with Crippen LogP contribution in [0.3, 0.4) is 0 Å². The zero-order chi connectivity index (χ0) is 13.2. The molecule has 0 radical (unpaired) electrons. The number of anilines is 1. The van der Waals surface area contributed by atoms with Crippen molar-refractivity contribution >= 4 is 50.0 Å². The van der Waals surface area contributed by atoms with Gasteiger partial charge in [0.2, 0.25) is 0 Å². The fraction of sp³-hybridized carbons (Fsp3) is 0. The average molecular weight is 395 g/mol. The van der Waals surface area contributed by atoms with Crippen molar-refractivity contribution in [2.45, 2.75) is 4.90 Å². The lowest BCUT2D eigenvalue weighted by Gasteiger charge is -2.07. The van der Waals surface area contributed by atoms with Gasteiger partial charge in [0.25, 0.3) is 10.0 Å². The van der Waals surface area contributed by atoms with Gasteiger partial charge in [-0.15, -0.1) is 0 Å². The first-order valence-electron chi connectivity index (χ1n) is 4.87. The Morgan fingerprint density at radius 3 is 2.44 bits per heavy atom. The zero-order valence-electron chi connectivity index (χ0n) is 8.97. The molecule has 7 heteroatoms. The molecule has 0 saturated carbocycles. The second kappa shape index (κ2) is 5.41. The van der Waals surface area contributed by atoms with Crippen LogP contribution >= 0.6 is 34.2 Å². The number of aromatic nitrogens is 1. The van der Waals surface area contributed by atoms with Gasteiger partial charge in [-0.05, 0) is 52.9 Å². The van der Waals surface area contributed by atoms with Gasteiger partial charge in [0, 0.05) is 20.9 Å². The molecule has 2 aromatic rings. The number of nitrogens with one attached hydrogen (secondary N) is 1. The van der Waals surface area contributed by atoms with E-state index in [0.29, 0.717) is 5.02 Å². The molecule has 18 heavy (non-hydrogen) atoms. The maximum atomic E-state index is 12.0. The Morgan fingerprint density at radius 1 is 1.17 bits per heavy atom. The van der Waals surface area contributed by atoms with Crippen LogP contribution in [0.2, 0.25) is 5.02 Å². The van der Waals surface area contributed by atoms with E-state index in [-0.39, 0.29) is 10.7 Å². The highest BCUT2D eigenvalue weighted by Crippen LogP contribution is 2.18. The molecule has 0 bridgehead atoms. The summed E-state index contributed by atoms with van der Waals surface area (Å²) in [6, 6.07) is 9.54. The Hall–Kier alpha value is -0.860. The van der Waals surface area contributed by atoms with E-state index in [1.807, 2.05) is 0 Å². The number of hydrogen-bond acceptors (Lipinski definition) is 3. The Balaban J connectivity index is 2.30. The van der Waals surface area contributed by atoms with Gasteiger partial charge < -0.3 is 0 Å². The number of hydrogen-bond donors (Lipinski definition) is 1. The number of nitrogens with zero attached hydrogens (tertiary/aromatic N) is 1. The number of benzene rings is 1. The van der Waals surface area contributed by atoms with Gasteiger partial charge in [0.15, 0.2) is 0 Å². The summed E-state index contributed by atoms with van der Waals surface area (Å²) >= 11 is 7.87. The molecule has 0 fully saturated rings. The van der Waals surface area contributed by atoms with E-state index in [1.165, 1.54) is 24.4 Å². The molecular formula is C11H8ClIN2O2S. The zero-order valence-corrected chi connectivity index (χ0v) is 12.7. The van der Waals surface area contributed by atoms with Crippen molar-refractivity contribution in [2.24, 2.45) is 0 Å². The molecule has 1 aromatic heterocycles. The lowest BCUT2D eigenvalue weighted by atomic mass is 10.4. The Bertz CT molecular complexity index is 659. The second-order valence-electron chi connectivity index (χ2n) is 3.42. The minimum Gasteiger partial charge on any atom is -0.263 e. The molecule has 1 heterocycles. The lowest BCUT2D eigenvalue weighted by molar-refractivity contribution is 0.601. The van der Waals surface area contributed by atoms with E-state index in [4.69, 9.17) is 11.6 Å². The molecule has 0 aliphatic heterocycles. The molecule has 0 saturated heterocycles. The van der Waals surface area contributed by atoms with Gasteiger partial charge in [-0.2, -0.15) is 0 Å². The molecule has 0 unspecified atom stereocenters. The van der Waals surface area contributed by atoms with Gasteiger partial charge in [-0.1, -0.05) is 11.6 Å². The molecule has 1 aromatic carbocycles. The fourth-order valence-electron chi connectivity index (χ4n) is 1.27. The van der Waals surface area contributed by atoms with E-state index >= 15 is 0 Å². The van der Waals surface area contributed by atoms with Crippen molar-refractivity contribution in [1.29, 1.82) is 0 Å². The summed E-state index contributed by atoms with van der Waals surface area (Å²) in [4.78, 5) is 4.08. The first kappa shape index (κ1) is 13.6. The monoisotopic (exact) mass is 394 g/mol. The van der Waals surface area contributed by atoms with Crippen molar-refractivity contribution in [3.63, 3.8) is 0 Å². The van der Waals surface area contributed by atoms with E-state index in [1.54, 1.807) is 18.2 Å².